The smallest absolute Gasteiger partial charge is 0.159 e. The van der Waals surface area contributed by atoms with E-state index in [0.29, 0.717) is 0 Å². The van der Waals surface area contributed by atoms with Crippen LogP contribution in [0.15, 0.2) is 209 Å². The first-order valence-corrected chi connectivity index (χ1v) is 21.2. The number of furan rings is 1. The van der Waals surface area contributed by atoms with Crippen molar-refractivity contribution in [2.45, 2.75) is 9.79 Å². The Morgan fingerprint density at radius 2 is 0.850 bits per heavy atom. The number of hydrogen-bond acceptors (Lipinski definition) is 3. The van der Waals surface area contributed by atoms with Crippen molar-refractivity contribution in [3.8, 4) is 17.1 Å². The molecule has 0 saturated carbocycles. The Morgan fingerprint density at radius 3 is 1.53 bits per heavy atom. The summed E-state index contributed by atoms with van der Waals surface area (Å²) in [7, 11) is 0. The average Bonchev–Trinajstić information content (AvgIpc) is 4.04. The Morgan fingerprint density at radius 1 is 0.367 bits per heavy atom. The average molecular weight is 789 g/mol. The molecular formula is C53H32N4O2S. The summed E-state index contributed by atoms with van der Waals surface area (Å²) < 4.78 is 27.8. The predicted molar refractivity (Wildman–Crippen MR) is 246 cm³/mol. The number of aromatic nitrogens is 4. The fourth-order valence-electron chi connectivity index (χ4n) is 9.53. The number of benzene rings is 8. The van der Waals surface area contributed by atoms with E-state index in [9.17, 15) is 4.55 Å². The van der Waals surface area contributed by atoms with Crippen molar-refractivity contribution in [2.24, 2.45) is 0 Å². The molecule has 6 nitrogen and oxygen atoms in total. The number of fused-ring (bicyclic) bond motifs is 12. The maximum absolute atomic E-state index is 14.7. The predicted octanol–water partition coefficient (Wildman–Crippen LogP) is 13.4. The van der Waals surface area contributed by atoms with Gasteiger partial charge in [0, 0.05) is 95.9 Å². The van der Waals surface area contributed by atoms with Crippen molar-refractivity contribution in [1.29, 1.82) is 0 Å². The first kappa shape index (κ1) is 33.4. The summed E-state index contributed by atoms with van der Waals surface area (Å²) in [4.78, 5) is 6.05. The molecule has 5 heterocycles. The van der Waals surface area contributed by atoms with E-state index >= 15 is 0 Å². The van der Waals surface area contributed by atoms with Crippen molar-refractivity contribution < 1.29 is 8.97 Å². The van der Waals surface area contributed by atoms with Gasteiger partial charge in [-0.05, 0) is 97.1 Å². The van der Waals surface area contributed by atoms with Crippen molar-refractivity contribution in [3.63, 3.8) is 0 Å². The Balaban J connectivity index is 0.933. The topological polar surface area (TPSA) is 63.9 Å². The quantitative estimate of drug-likeness (QED) is 0.163. The molecule has 0 fully saturated rings. The molecular weight excluding hydrogens is 757 g/mol. The lowest BCUT2D eigenvalue weighted by atomic mass is 10.1. The minimum atomic E-state index is -1.43. The van der Waals surface area contributed by atoms with Gasteiger partial charge in [0.05, 0.1) is 33.1 Å². The van der Waals surface area contributed by atoms with E-state index < -0.39 is 11.2 Å². The van der Waals surface area contributed by atoms with Crippen LogP contribution in [0, 0.1) is 0 Å². The highest BCUT2D eigenvalue weighted by molar-refractivity contribution is 7.91. The van der Waals surface area contributed by atoms with Crippen molar-refractivity contribution in [1.82, 2.24) is 18.7 Å². The minimum Gasteiger partial charge on any atom is -0.606 e. The van der Waals surface area contributed by atoms with Crippen LogP contribution < -0.4 is 0 Å². The van der Waals surface area contributed by atoms with E-state index in [2.05, 4.69) is 164 Å². The second-order valence-corrected chi connectivity index (χ2v) is 16.9. The lowest BCUT2D eigenvalue weighted by Gasteiger charge is -2.12. The Bertz CT molecular complexity index is 3870. The molecule has 8 aromatic carbocycles. The molecule has 0 amide bonds. The molecule has 60 heavy (non-hydrogen) atoms. The zero-order valence-corrected chi connectivity index (χ0v) is 32.8. The van der Waals surface area contributed by atoms with E-state index in [0.717, 1.165) is 114 Å². The van der Waals surface area contributed by atoms with E-state index in [-0.39, 0.29) is 0 Å². The van der Waals surface area contributed by atoms with E-state index in [1.807, 2.05) is 48.8 Å². The molecule has 0 aliphatic rings. The number of nitrogens with zero attached hydrogens (tertiary/aromatic N) is 4. The molecule has 1 atom stereocenters. The summed E-state index contributed by atoms with van der Waals surface area (Å²) in [6, 6.07) is 63.3. The molecule has 282 valence electrons. The lowest BCUT2D eigenvalue weighted by Crippen LogP contribution is -2.02. The summed E-state index contributed by atoms with van der Waals surface area (Å²) in [5, 5.41) is 8.76. The summed E-state index contributed by atoms with van der Waals surface area (Å²) in [6.45, 7) is 0. The van der Waals surface area contributed by atoms with Crippen molar-refractivity contribution in [2.75, 3.05) is 0 Å². The van der Waals surface area contributed by atoms with Gasteiger partial charge in [0.25, 0.3) is 0 Å². The number of pyridine rings is 1. The first-order chi connectivity index (χ1) is 29.7. The highest BCUT2D eigenvalue weighted by Crippen LogP contribution is 2.40. The third-order valence-electron chi connectivity index (χ3n) is 12.2. The molecule has 13 aromatic rings. The van der Waals surface area contributed by atoms with E-state index in [1.165, 1.54) is 0 Å². The first-order valence-electron chi connectivity index (χ1n) is 20.0. The number of hydrogen-bond donors (Lipinski definition) is 0. The fourth-order valence-corrected chi connectivity index (χ4v) is 10.6. The molecule has 0 aliphatic carbocycles. The van der Waals surface area contributed by atoms with Gasteiger partial charge in [-0.15, -0.1) is 0 Å². The molecule has 0 spiro atoms. The second-order valence-electron chi connectivity index (χ2n) is 15.4. The summed E-state index contributed by atoms with van der Waals surface area (Å²) >= 11 is -1.43. The molecule has 1 unspecified atom stereocenters. The summed E-state index contributed by atoms with van der Waals surface area (Å²) in [6.07, 6.45) is 3.82. The van der Waals surface area contributed by atoms with Crippen LogP contribution in [0.5, 0.6) is 0 Å². The van der Waals surface area contributed by atoms with Crippen molar-refractivity contribution in [3.05, 3.63) is 194 Å². The maximum Gasteiger partial charge on any atom is 0.159 e. The SMILES string of the molecule is [O-][S+](c1ccc2c(c1)c1ccccc1n2-c1ccc2oc3ccccc3c2c1)c1ccc2c(c1)c1ccccc1n2-c1ccc2c(c1)c1cnccc1n2-c1ccccc1. The fraction of sp³-hybridized carbons (Fsp3) is 0. The monoisotopic (exact) mass is 788 g/mol. The highest BCUT2D eigenvalue weighted by Gasteiger charge is 2.23. The Kier molecular flexibility index (Phi) is 7.07. The van der Waals surface area contributed by atoms with Crippen LogP contribution in [0.4, 0.5) is 0 Å². The normalized spacial score (nSPS) is 12.7. The molecule has 0 saturated heterocycles. The molecule has 7 heteroatoms. The Labute approximate surface area is 345 Å². The van der Waals surface area contributed by atoms with Gasteiger partial charge in [-0.25, -0.2) is 0 Å². The van der Waals surface area contributed by atoms with Gasteiger partial charge in [-0.3, -0.25) is 4.98 Å². The molecule has 0 aliphatic heterocycles. The van der Waals surface area contributed by atoms with Crippen LogP contribution in [0.2, 0.25) is 0 Å². The lowest BCUT2D eigenvalue weighted by molar-refractivity contribution is 0.595. The van der Waals surface area contributed by atoms with Gasteiger partial charge < -0.3 is 22.7 Å². The zero-order valence-electron chi connectivity index (χ0n) is 32.0. The molecule has 0 N–H and O–H groups in total. The second kappa shape index (κ2) is 12.7. The largest absolute Gasteiger partial charge is 0.606 e. The Hall–Kier alpha value is -7.58. The third kappa shape index (κ3) is 4.79. The third-order valence-corrected chi connectivity index (χ3v) is 13.5. The molecule has 5 aromatic heterocycles. The molecule has 13 rings (SSSR count). The van der Waals surface area contributed by atoms with Gasteiger partial charge in [-0.2, -0.15) is 0 Å². The van der Waals surface area contributed by atoms with Crippen LogP contribution in [-0.2, 0) is 11.2 Å². The number of rotatable bonds is 5. The molecule has 0 radical (unpaired) electrons. The zero-order chi connectivity index (χ0) is 39.5. The van der Waals surface area contributed by atoms with E-state index in [4.69, 9.17) is 4.42 Å². The van der Waals surface area contributed by atoms with Gasteiger partial charge in [0.1, 0.15) is 11.2 Å². The van der Waals surface area contributed by atoms with Gasteiger partial charge in [0.15, 0.2) is 9.79 Å². The van der Waals surface area contributed by atoms with Gasteiger partial charge >= 0.3 is 0 Å². The van der Waals surface area contributed by atoms with Crippen LogP contribution in [0.3, 0.4) is 0 Å². The number of para-hydroxylation sites is 4. The minimum absolute atomic E-state index is 0.762. The van der Waals surface area contributed by atoms with Crippen molar-refractivity contribution >= 4 is 98.5 Å². The van der Waals surface area contributed by atoms with Crippen LogP contribution >= 0.6 is 0 Å². The standard InChI is InChI=1S/C53H32N4O2S/c58-60(37-21-24-50-43(31-37)39-13-5-8-16-47(39)57(50)35-19-25-53-44(29-35)40-14-6-9-17-52(40)59-53)36-20-23-49-42(30-36)38-12-4-7-15-46(38)56(49)34-18-22-48-41(28-34)45-32-54-27-26-51(45)55(48)33-10-2-1-3-11-33/h1-32H. The summed E-state index contributed by atoms with van der Waals surface area (Å²) in [5.74, 6) is 0. The van der Waals surface area contributed by atoms with E-state index in [1.54, 1.807) is 0 Å². The van der Waals surface area contributed by atoms with Gasteiger partial charge in [0.2, 0.25) is 0 Å². The summed E-state index contributed by atoms with van der Waals surface area (Å²) in [5.41, 5.74) is 11.5. The molecule has 0 bridgehead atoms. The van der Waals surface area contributed by atoms with Gasteiger partial charge in [-0.1, -0.05) is 72.8 Å². The van der Waals surface area contributed by atoms with Crippen LogP contribution in [0.25, 0.3) is 104 Å². The highest BCUT2D eigenvalue weighted by atomic mass is 32.2. The maximum atomic E-state index is 14.7. The van der Waals surface area contributed by atoms with Crippen LogP contribution in [0.1, 0.15) is 0 Å². The van der Waals surface area contributed by atoms with Crippen LogP contribution in [-0.4, -0.2) is 23.2 Å².